The predicted octanol–water partition coefficient (Wildman–Crippen LogP) is 7.88. The topological polar surface area (TPSA) is 30.2 Å². The van der Waals surface area contributed by atoms with E-state index in [0.717, 1.165) is 47.2 Å². The molecule has 0 N–H and O–H groups in total. The van der Waals surface area contributed by atoms with Crippen LogP contribution in [0.4, 0.5) is 0 Å². The first-order valence-electron chi connectivity index (χ1n) is 9.26. The third kappa shape index (κ3) is 2.72. The minimum Gasteiger partial charge on any atom is -0.283 e. The van der Waals surface area contributed by atoms with Crippen LogP contribution in [0.5, 0.6) is 0 Å². The molecular formula is C23H12ClN3S3. The number of hydrogen-bond acceptors (Lipinski definition) is 5. The summed E-state index contributed by atoms with van der Waals surface area (Å²) in [6.07, 6.45) is 0. The molecule has 0 radical (unpaired) electrons. The van der Waals surface area contributed by atoms with Gasteiger partial charge in [0.2, 0.25) is 0 Å². The number of rotatable bonds is 2. The lowest BCUT2D eigenvalue weighted by molar-refractivity contribution is 1.13. The highest BCUT2D eigenvalue weighted by molar-refractivity contribution is 7.71. The Bertz CT molecular complexity index is 1610. The minimum atomic E-state index is 0.538. The van der Waals surface area contributed by atoms with E-state index in [9.17, 15) is 0 Å². The minimum absolute atomic E-state index is 0.538. The number of hydrogen-bond donors (Lipinski definition) is 0. The summed E-state index contributed by atoms with van der Waals surface area (Å²) in [6, 6.07) is 24.2. The molecule has 3 aromatic carbocycles. The Morgan fingerprint density at radius 1 is 0.800 bits per heavy atom. The molecule has 0 amide bonds. The van der Waals surface area contributed by atoms with Gasteiger partial charge in [0, 0.05) is 5.56 Å². The van der Waals surface area contributed by atoms with E-state index in [4.69, 9.17) is 33.8 Å². The highest BCUT2D eigenvalue weighted by Gasteiger charge is 2.20. The molecule has 3 heterocycles. The molecular weight excluding hydrogens is 450 g/mol. The van der Waals surface area contributed by atoms with Crippen LogP contribution in [-0.2, 0) is 0 Å². The molecule has 7 heteroatoms. The molecule has 0 aliphatic rings. The summed E-state index contributed by atoms with van der Waals surface area (Å²) in [6.45, 7) is 0. The van der Waals surface area contributed by atoms with E-state index >= 15 is 0 Å². The number of fused-ring (bicyclic) bond motifs is 4. The highest BCUT2D eigenvalue weighted by Crippen LogP contribution is 2.40. The van der Waals surface area contributed by atoms with E-state index in [0.29, 0.717) is 9.66 Å². The fourth-order valence-corrected chi connectivity index (χ4v) is 6.54. The van der Waals surface area contributed by atoms with E-state index in [1.165, 1.54) is 0 Å². The zero-order valence-electron chi connectivity index (χ0n) is 15.4. The van der Waals surface area contributed by atoms with E-state index < -0.39 is 0 Å². The smallest absolute Gasteiger partial charge is 0.148 e. The Morgan fingerprint density at radius 2 is 1.53 bits per heavy atom. The van der Waals surface area contributed by atoms with Gasteiger partial charge in [-0.3, -0.25) is 4.40 Å². The first kappa shape index (κ1) is 18.2. The quantitative estimate of drug-likeness (QED) is 0.246. The maximum atomic E-state index is 6.55. The second-order valence-electron chi connectivity index (χ2n) is 6.79. The standard InChI is InChI=1S/C23H12ClN3S3/c24-14-8-2-1-7-13(14)20-26-21(28)19(22-25-15-9-3-5-11-17(15)29-22)23-27(20)16-10-4-6-12-18(16)30-23/h1-12H. The van der Waals surface area contributed by atoms with Crippen molar-refractivity contribution in [3.8, 4) is 22.0 Å². The molecule has 0 saturated heterocycles. The van der Waals surface area contributed by atoms with E-state index in [2.05, 4.69) is 22.6 Å². The summed E-state index contributed by atoms with van der Waals surface area (Å²) < 4.78 is 5.00. The molecule has 0 aliphatic heterocycles. The highest BCUT2D eigenvalue weighted by atomic mass is 35.5. The van der Waals surface area contributed by atoms with E-state index in [1.54, 1.807) is 22.7 Å². The van der Waals surface area contributed by atoms with Crippen molar-refractivity contribution in [2.75, 3.05) is 0 Å². The summed E-state index contributed by atoms with van der Waals surface area (Å²) in [5, 5.41) is 1.54. The summed E-state index contributed by atoms with van der Waals surface area (Å²) in [4.78, 5) is 10.8. The Balaban J connectivity index is 1.78. The van der Waals surface area contributed by atoms with Crippen molar-refractivity contribution in [1.29, 1.82) is 0 Å². The average molecular weight is 462 g/mol. The summed E-state index contributed by atoms with van der Waals surface area (Å²) in [5.74, 6) is 0.753. The molecule has 0 spiro atoms. The predicted molar refractivity (Wildman–Crippen MR) is 130 cm³/mol. The van der Waals surface area contributed by atoms with Gasteiger partial charge >= 0.3 is 0 Å². The molecule has 3 nitrogen and oxygen atoms in total. The van der Waals surface area contributed by atoms with Crippen LogP contribution in [0.15, 0.2) is 72.8 Å². The van der Waals surface area contributed by atoms with Crippen LogP contribution in [0, 0.1) is 4.64 Å². The van der Waals surface area contributed by atoms with Crippen LogP contribution in [0.1, 0.15) is 0 Å². The Hall–Kier alpha value is -2.64. The molecule has 6 rings (SSSR count). The SMILES string of the molecule is S=c1nc(-c2ccccc2Cl)n2c(sc3ccccc32)c1-c1nc2ccccc2s1. The fraction of sp³-hybridized carbons (Fsp3) is 0. The van der Waals surface area contributed by atoms with Gasteiger partial charge in [-0.05, 0) is 36.4 Å². The lowest BCUT2D eigenvalue weighted by Gasteiger charge is -2.10. The van der Waals surface area contributed by atoms with Crippen LogP contribution in [0.3, 0.4) is 0 Å². The van der Waals surface area contributed by atoms with Crippen LogP contribution in [0.25, 0.3) is 47.2 Å². The summed E-state index contributed by atoms with van der Waals surface area (Å²) in [5.41, 5.74) is 3.82. The number of thiazole rings is 2. The lowest BCUT2D eigenvalue weighted by atomic mass is 10.2. The van der Waals surface area contributed by atoms with Crippen LogP contribution in [0.2, 0.25) is 5.02 Å². The maximum Gasteiger partial charge on any atom is 0.148 e. The normalized spacial score (nSPS) is 11.6. The van der Waals surface area contributed by atoms with Crippen LogP contribution >= 0.6 is 46.5 Å². The third-order valence-electron chi connectivity index (χ3n) is 4.99. The van der Waals surface area contributed by atoms with E-state index in [1.807, 2.05) is 54.6 Å². The van der Waals surface area contributed by atoms with Gasteiger partial charge in [-0.25, -0.2) is 9.97 Å². The number of nitrogens with zero attached hydrogens (tertiary/aromatic N) is 3. The van der Waals surface area contributed by atoms with Crippen molar-refractivity contribution < 1.29 is 0 Å². The monoisotopic (exact) mass is 461 g/mol. The number of aromatic nitrogens is 3. The molecule has 0 fully saturated rings. The van der Waals surface area contributed by atoms with Gasteiger partial charge in [0.05, 0.1) is 31.0 Å². The van der Waals surface area contributed by atoms with Crippen LogP contribution < -0.4 is 0 Å². The van der Waals surface area contributed by atoms with Gasteiger partial charge < -0.3 is 0 Å². The largest absolute Gasteiger partial charge is 0.283 e. The number of halogens is 1. The van der Waals surface area contributed by atoms with Gasteiger partial charge in [-0.1, -0.05) is 60.2 Å². The second-order valence-corrected chi connectivity index (χ2v) is 9.65. The van der Waals surface area contributed by atoms with E-state index in [-0.39, 0.29) is 0 Å². The van der Waals surface area contributed by atoms with Crippen LogP contribution in [-0.4, -0.2) is 14.4 Å². The van der Waals surface area contributed by atoms with Gasteiger partial charge in [-0.2, -0.15) is 0 Å². The molecule has 144 valence electrons. The Labute approximate surface area is 189 Å². The first-order chi connectivity index (χ1) is 14.7. The molecule has 0 bridgehead atoms. The van der Waals surface area contributed by atoms with Crippen molar-refractivity contribution >= 4 is 71.8 Å². The third-order valence-corrected chi connectivity index (χ3v) is 7.81. The zero-order chi connectivity index (χ0) is 20.2. The Morgan fingerprint density at radius 3 is 2.37 bits per heavy atom. The Kier molecular flexibility index (Phi) is 4.21. The average Bonchev–Trinajstić information content (AvgIpc) is 3.35. The van der Waals surface area contributed by atoms with Gasteiger partial charge in [0.1, 0.15) is 20.3 Å². The lowest BCUT2D eigenvalue weighted by Crippen LogP contribution is -1.99. The zero-order valence-corrected chi connectivity index (χ0v) is 18.6. The molecule has 30 heavy (non-hydrogen) atoms. The molecule has 0 aliphatic carbocycles. The molecule has 0 unspecified atom stereocenters. The van der Waals surface area contributed by atoms with Gasteiger partial charge in [0.15, 0.2) is 0 Å². The summed E-state index contributed by atoms with van der Waals surface area (Å²) >= 11 is 15.7. The maximum absolute atomic E-state index is 6.55. The molecule has 3 aromatic heterocycles. The summed E-state index contributed by atoms with van der Waals surface area (Å²) in [7, 11) is 0. The van der Waals surface area contributed by atoms with Gasteiger partial charge in [0.25, 0.3) is 0 Å². The van der Waals surface area contributed by atoms with Crippen molar-refractivity contribution in [3.05, 3.63) is 82.5 Å². The number of benzene rings is 3. The van der Waals surface area contributed by atoms with Gasteiger partial charge in [-0.15, -0.1) is 22.7 Å². The second kappa shape index (κ2) is 6.96. The van der Waals surface area contributed by atoms with Crippen molar-refractivity contribution in [1.82, 2.24) is 14.4 Å². The number of para-hydroxylation sites is 2. The first-order valence-corrected chi connectivity index (χ1v) is 11.7. The molecule has 0 atom stereocenters. The van der Waals surface area contributed by atoms with Crippen molar-refractivity contribution in [2.45, 2.75) is 0 Å². The van der Waals surface area contributed by atoms with Crippen molar-refractivity contribution in [3.63, 3.8) is 0 Å². The fourth-order valence-electron chi connectivity index (χ4n) is 3.64. The van der Waals surface area contributed by atoms with Crippen molar-refractivity contribution in [2.24, 2.45) is 0 Å². The molecule has 0 saturated carbocycles. The molecule has 6 aromatic rings.